The number of nitrogens with zero attached hydrogens (tertiary/aromatic N) is 4. The molecule has 210 valence electrons. The van der Waals surface area contributed by atoms with Crippen LogP contribution >= 0.6 is 0 Å². The Morgan fingerprint density at radius 1 is 1.00 bits per heavy atom. The second-order valence-electron chi connectivity index (χ2n) is 10.1. The van der Waals surface area contributed by atoms with E-state index in [4.69, 9.17) is 9.72 Å². The molecular weight excluding hydrogens is 523 g/mol. The van der Waals surface area contributed by atoms with Crippen molar-refractivity contribution in [3.63, 3.8) is 0 Å². The van der Waals surface area contributed by atoms with E-state index in [2.05, 4.69) is 14.7 Å². The molecule has 0 bridgehead atoms. The van der Waals surface area contributed by atoms with Gasteiger partial charge in [0.1, 0.15) is 17.4 Å². The first-order valence-electron chi connectivity index (χ1n) is 13.5. The van der Waals surface area contributed by atoms with E-state index in [0.29, 0.717) is 51.5 Å². The quantitative estimate of drug-likeness (QED) is 0.222. The topological polar surface area (TPSA) is 106 Å². The zero-order valence-electron chi connectivity index (χ0n) is 23.3. The Bertz CT molecular complexity index is 1740. The van der Waals surface area contributed by atoms with Crippen LogP contribution < -0.4 is 15.4 Å². The van der Waals surface area contributed by atoms with Crippen LogP contribution in [-0.4, -0.2) is 25.8 Å². The van der Waals surface area contributed by atoms with Gasteiger partial charge in [-0.05, 0) is 62.1 Å². The van der Waals surface area contributed by atoms with Gasteiger partial charge in [-0.2, -0.15) is 5.16 Å². The van der Waals surface area contributed by atoms with Crippen LogP contribution in [0.1, 0.15) is 44.3 Å². The van der Waals surface area contributed by atoms with Gasteiger partial charge in [0.2, 0.25) is 0 Å². The van der Waals surface area contributed by atoms with Crippen molar-refractivity contribution in [2.75, 3.05) is 0 Å². The molecule has 8 nitrogen and oxygen atoms in total. The molecule has 0 saturated heterocycles. The van der Waals surface area contributed by atoms with Crippen molar-refractivity contribution in [3.8, 4) is 45.5 Å². The molecule has 0 saturated carbocycles. The van der Waals surface area contributed by atoms with Crippen molar-refractivity contribution in [3.05, 3.63) is 100.0 Å². The van der Waals surface area contributed by atoms with Crippen LogP contribution in [0.3, 0.4) is 0 Å². The van der Waals surface area contributed by atoms with E-state index in [0.717, 1.165) is 12.0 Å². The van der Waals surface area contributed by atoms with Crippen molar-refractivity contribution in [1.29, 1.82) is 0 Å². The summed E-state index contributed by atoms with van der Waals surface area (Å²) >= 11 is 0. The van der Waals surface area contributed by atoms with Crippen molar-refractivity contribution < 1.29 is 18.8 Å². The molecular formula is C32H30FN4O4-. The summed E-state index contributed by atoms with van der Waals surface area (Å²) in [6.07, 6.45) is 0.604. The lowest BCUT2D eigenvalue weighted by Crippen LogP contribution is -2.28. The van der Waals surface area contributed by atoms with Crippen LogP contribution in [0.5, 0.6) is 11.8 Å². The van der Waals surface area contributed by atoms with Gasteiger partial charge in [0, 0.05) is 17.5 Å². The van der Waals surface area contributed by atoms with E-state index >= 15 is 4.39 Å². The zero-order valence-corrected chi connectivity index (χ0v) is 23.3. The van der Waals surface area contributed by atoms with Gasteiger partial charge in [-0.25, -0.2) is 14.4 Å². The van der Waals surface area contributed by atoms with Crippen LogP contribution in [0.25, 0.3) is 33.6 Å². The molecule has 0 N–H and O–H groups in total. The van der Waals surface area contributed by atoms with Crippen LogP contribution in [-0.2, 0) is 13.0 Å². The fraction of sp³-hybridized carbons (Fsp3) is 0.250. The summed E-state index contributed by atoms with van der Waals surface area (Å²) < 4.78 is 27.5. The van der Waals surface area contributed by atoms with Gasteiger partial charge >= 0.3 is 0 Å². The van der Waals surface area contributed by atoms with Crippen molar-refractivity contribution >= 4 is 0 Å². The van der Waals surface area contributed by atoms with E-state index in [1.54, 1.807) is 41.0 Å². The Morgan fingerprint density at radius 2 is 1.71 bits per heavy atom. The van der Waals surface area contributed by atoms with E-state index in [1.807, 2.05) is 52.0 Å². The maximum atomic E-state index is 15.6. The largest absolute Gasteiger partial charge is 0.528 e. The Labute approximate surface area is 237 Å². The normalized spacial score (nSPS) is 11.3. The minimum absolute atomic E-state index is 0.0289. The summed E-state index contributed by atoms with van der Waals surface area (Å²) in [5, 5.41) is 15.2. The average Bonchev–Trinajstić information content (AvgIpc) is 3.38. The van der Waals surface area contributed by atoms with Gasteiger partial charge in [0.15, 0.2) is 11.9 Å². The Kier molecular flexibility index (Phi) is 7.96. The van der Waals surface area contributed by atoms with Gasteiger partial charge in [-0.3, -0.25) is 9.36 Å². The highest BCUT2D eigenvalue weighted by molar-refractivity contribution is 5.80. The minimum atomic E-state index is -0.796. The standard InChI is InChI=1S/C32H31FN4O4/c1-5-8-28-34-20(4)29(21-13-15-24(16-14-21)40-19(2)3)31(38)37(28)18-23-12-11-22(17-27(23)33)25-9-6-7-10-26(25)30-35-32(39)41-36-30/h6-7,9-17,19H,5,8,18H2,1-4H3,(H,35,36,39)/p-1. The lowest BCUT2D eigenvalue weighted by Gasteiger charge is -2.17. The first kappa shape index (κ1) is 27.8. The number of halogens is 1. The fourth-order valence-corrected chi connectivity index (χ4v) is 4.86. The summed E-state index contributed by atoms with van der Waals surface area (Å²) in [4.78, 5) is 22.4. The molecule has 0 unspecified atom stereocenters. The Balaban J connectivity index is 1.52. The van der Waals surface area contributed by atoms with Crippen LogP contribution in [0.4, 0.5) is 4.39 Å². The van der Waals surface area contributed by atoms with Gasteiger partial charge in [-0.1, -0.05) is 55.5 Å². The molecule has 2 heterocycles. The Hall–Kier alpha value is -4.79. The summed E-state index contributed by atoms with van der Waals surface area (Å²) in [7, 11) is 0. The molecule has 3 aromatic carbocycles. The first-order chi connectivity index (χ1) is 19.7. The predicted octanol–water partition coefficient (Wildman–Crippen LogP) is 5.94. The third-order valence-electron chi connectivity index (χ3n) is 6.69. The molecule has 0 aliphatic rings. The molecule has 0 fully saturated rings. The lowest BCUT2D eigenvalue weighted by molar-refractivity contribution is -0.303. The zero-order chi connectivity index (χ0) is 29.1. The number of rotatable bonds is 9. The summed E-state index contributed by atoms with van der Waals surface area (Å²) in [6, 6.07) is 19.3. The van der Waals surface area contributed by atoms with Crippen molar-refractivity contribution in [2.45, 2.75) is 53.2 Å². The Morgan fingerprint density at radius 3 is 2.34 bits per heavy atom. The molecule has 0 amide bonds. The number of benzene rings is 3. The molecule has 5 aromatic rings. The highest BCUT2D eigenvalue weighted by Crippen LogP contribution is 2.32. The van der Waals surface area contributed by atoms with Crippen LogP contribution in [0, 0.1) is 12.7 Å². The van der Waals surface area contributed by atoms with Gasteiger partial charge in [-0.15, -0.1) is 0 Å². The molecule has 0 atom stereocenters. The molecule has 0 aliphatic carbocycles. The maximum Gasteiger partial charge on any atom is 0.261 e. The third-order valence-corrected chi connectivity index (χ3v) is 6.69. The van der Waals surface area contributed by atoms with E-state index in [9.17, 15) is 9.90 Å². The molecule has 5 rings (SSSR count). The third kappa shape index (κ3) is 5.89. The minimum Gasteiger partial charge on any atom is -0.528 e. The predicted molar refractivity (Wildman–Crippen MR) is 152 cm³/mol. The molecule has 0 radical (unpaired) electrons. The van der Waals surface area contributed by atoms with Gasteiger partial charge in [0.05, 0.1) is 23.9 Å². The van der Waals surface area contributed by atoms with Crippen LogP contribution in [0.2, 0.25) is 0 Å². The summed E-state index contributed by atoms with van der Waals surface area (Å²) in [6.45, 7) is 7.77. The SMILES string of the molecule is CCCc1nc(C)c(-c2ccc(OC(C)C)cc2)c(=O)n1Cc1ccc(-c2ccccc2-c2noc([O-])n2)cc1F. The molecule has 0 spiro atoms. The van der Waals surface area contributed by atoms with E-state index < -0.39 is 11.9 Å². The van der Waals surface area contributed by atoms with Crippen molar-refractivity contribution in [1.82, 2.24) is 19.7 Å². The number of aromatic nitrogens is 4. The van der Waals surface area contributed by atoms with Crippen molar-refractivity contribution in [2.24, 2.45) is 0 Å². The van der Waals surface area contributed by atoms with Gasteiger partial charge in [0.25, 0.3) is 5.56 Å². The number of hydrogen-bond donors (Lipinski definition) is 0. The highest BCUT2D eigenvalue weighted by atomic mass is 19.1. The smallest absolute Gasteiger partial charge is 0.261 e. The highest BCUT2D eigenvalue weighted by Gasteiger charge is 2.18. The van der Waals surface area contributed by atoms with Gasteiger partial charge < -0.3 is 14.4 Å². The van der Waals surface area contributed by atoms with E-state index in [-0.39, 0.29) is 24.0 Å². The van der Waals surface area contributed by atoms with E-state index in [1.165, 1.54) is 6.07 Å². The second-order valence-corrected chi connectivity index (χ2v) is 10.1. The molecule has 41 heavy (non-hydrogen) atoms. The average molecular weight is 554 g/mol. The first-order valence-corrected chi connectivity index (χ1v) is 13.5. The monoisotopic (exact) mass is 553 g/mol. The summed E-state index contributed by atoms with van der Waals surface area (Å²) in [5.41, 5.74) is 3.72. The number of ether oxygens (including phenoxy) is 1. The second kappa shape index (κ2) is 11.8. The molecule has 2 aromatic heterocycles. The molecule has 9 heteroatoms. The maximum absolute atomic E-state index is 15.6. The fourth-order valence-electron chi connectivity index (χ4n) is 4.86. The van der Waals surface area contributed by atoms with Crippen LogP contribution in [0.15, 0.2) is 76.0 Å². The molecule has 0 aliphatic heterocycles. The summed E-state index contributed by atoms with van der Waals surface area (Å²) in [5.74, 6) is 0.987. The lowest BCUT2D eigenvalue weighted by atomic mass is 9.98. The number of aryl methyl sites for hydroxylation is 2. The number of hydrogen-bond acceptors (Lipinski definition) is 7.